The summed E-state index contributed by atoms with van der Waals surface area (Å²) in [5.74, 6) is 0.377. The summed E-state index contributed by atoms with van der Waals surface area (Å²) >= 11 is 0. The molecule has 0 spiro atoms. The number of nitrogens with zero attached hydrogens (tertiary/aromatic N) is 2. The average molecular weight is 448 g/mol. The molecule has 1 fully saturated rings. The molecule has 1 aromatic heterocycles. The first-order chi connectivity index (χ1) is 16.0. The molecule has 0 saturated carbocycles. The van der Waals surface area contributed by atoms with Crippen LogP contribution in [-0.4, -0.2) is 41.6 Å². The van der Waals surface area contributed by atoms with E-state index in [1.54, 1.807) is 6.07 Å². The van der Waals surface area contributed by atoms with Crippen LogP contribution in [0.3, 0.4) is 0 Å². The van der Waals surface area contributed by atoms with Crippen LogP contribution in [0.5, 0.6) is 5.75 Å². The number of likely N-dealkylation sites (tertiary alicyclic amines) is 1. The average Bonchev–Trinajstić information content (AvgIpc) is 3.54. The Balaban J connectivity index is 1.44. The number of aromatic nitrogens is 1. The van der Waals surface area contributed by atoms with Gasteiger partial charge in [0.1, 0.15) is 11.4 Å². The minimum atomic E-state index is -0.351. The van der Waals surface area contributed by atoms with Gasteiger partial charge in [-0.2, -0.15) is 0 Å². The smallest absolute Gasteiger partial charge is 0.290 e. The van der Waals surface area contributed by atoms with E-state index in [1.165, 1.54) is 0 Å². The minimum Gasteiger partial charge on any atom is -0.483 e. The van der Waals surface area contributed by atoms with Gasteiger partial charge in [-0.1, -0.05) is 60.1 Å². The second-order valence-electron chi connectivity index (χ2n) is 8.29. The maximum atomic E-state index is 12.9. The highest BCUT2D eigenvalue weighted by Crippen LogP contribution is 2.28. The largest absolute Gasteiger partial charge is 0.483 e. The van der Waals surface area contributed by atoms with Crippen molar-refractivity contribution >= 4 is 11.8 Å². The van der Waals surface area contributed by atoms with E-state index in [2.05, 4.69) is 10.5 Å². The van der Waals surface area contributed by atoms with Crippen molar-refractivity contribution in [2.75, 3.05) is 19.7 Å². The lowest BCUT2D eigenvalue weighted by Gasteiger charge is -2.21. The number of aryl methyl sites for hydroxylation is 1. The molecule has 3 aromatic rings. The number of rotatable bonds is 8. The highest BCUT2D eigenvalue weighted by Gasteiger charge is 2.22. The molecule has 1 N–H and O–H groups in total. The first kappa shape index (κ1) is 22.6. The number of carbonyl (C=O) groups excluding carboxylic acids is 2. The van der Waals surface area contributed by atoms with Crippen molar-refractivity contribution in [3.05, 3.63) is 71.5 Å². The quantitative estimate of drug-likeness (QED) is 0.548. The lowest BCUT2D eigenvalue weighted by Crippen LogP contribution is -2.32. The lowest BCUT2D eigenvalue weighted by atomic mass is 10.0. The number of hydrogen-bond donors (Lipinski definition) is 1. The Morgan fingerprint density at radius 3 is 2.58 bits per heavy atom. The van der Waals surface area contributed by atoms with Crippen LogP contribution in [-0.2, 0) is 4.79 Å². The van der Waals surface area contributed by atoms with E-state index in [1.807, 2.05) is 67.3 Å². The second kappa shape index (κ2) is 10.3. The Morgan fingerprint density at radius 1 is 1.12 bits per heavy atom. The number of hydrogen-bond acceptors (Lipinski definition) is 5. The van der Waals surface area contributed by atoms with Gasteiger partial charge < -0.3 is 19.5 Å². The third-order valence-corrected chi connectivity index (χ3v) is 5.90. The van der Waals surface area contributed by atoms with Crippen LogP contribution >= 0.6 is 0 Å². The van der Waals surface area contributed by atoms with Crippen LogP contribution in [0, 0.1) is 6.92 Å². The number of nitrogens with one attached hydrogen (secondary N) is 1. The summed E-state index contributed by atoms with van der Waals surface area (Å²) in [5, 5.41) is 7.05. The molecule has 1 atom stereocenters. The van der Waals surface area contributed by atoms with Gasteiger partial charge in [0.25, 0.3) is 11.8 Å². The van der Waals surface area contributed by atoms with Gasteiger partial charge in [-0.05, 0) is 32.3 Å². The lowest BCUT2D eigenvalue weighted by molar-refractivity contribution is -0.132. The zero-order valence-electron chi connectivity index (χ0n) is 19.0. The Kier molecular flexibility index (Phi) is 7.07. The van der Waals surface area contributed by atoms with Crippen molar-refractivity contribution < 1.29 is 18.8 Å². The van der Waals surface area contributed by atoms with Gasteiger partial charge in [0, 0.05) is 30.3 Å². The van der Waals surface area contributed by atoms with Crippen LogP contribution in [0.25, 0.3) is 11.3 Å². The first-order valence-corrected chi connectivity index (χ1v) is 11.4. The van der Waals surface area contributed by atoms with Gasteiger partial charge in [-0.3, -0.25) is 9.59 Å². The number of ether oxygens (including phenoxy) is 1. The van der Waals surface area contributed by atoms with Crippen molar-refractivity contribution in [3.63, 3.8) is 0 Å². The van der Waals surface area contributed by atoms with Gasteiger partial charge in [0.05, 0.1) is 6.04 Å². The predicted octanol–water partition coefficient (Wildman–Crippen LogP) is 4.53. The molecule has 1 saturated heterocycles. The maximum absolute atomic E-state index is 12.9. The van der Waals surface area contributed by atoms with E-state index in [0.717, 1.165) is 42.6 Å². The van der Waals surface area contributed by atoms with Crippen molar-refractivity contribution in [2.45, 2.75) is 39.2 Å². The molecule has 0 radical (unpaired) electrons. The third kappa shape index (κ3) is 5.42. The minimum absolute atomic E-state index is 0.00955. The van der Waals surface area contributed by atoms with Gasteiger partial charge in [-0.15, -0.1) is 0 Å². The maximum Gasteiger partial charge on any atom is 0.290 e. The molecule has 0 aliphatic carbocycles. The van der Waals surface area contributed by atoms with Crippen LogP contribution in [0.15, 0.2) is 59.1 Å². The summed E-state index contributed by atoms with van der Waals surface area (Å²) in [6.07, 6.45) is 2.73. The zero-order chi connectivity index (χ0) is 23.2. The fraction of sp³-hybridized carbons (Fsp3) is 0.346. The summed E-state index contributed by atoms with van der Waals surface area (Å²) < 4.78 is 11.2. The summed E-state index contributed by atoms with van der Waals surface area (Å²) in [5.41, 5.74) is 3.46. The number of para-hydroxylation sites is 1. The fourth-order valence-corrected chi connectivity index (χ4v) is 3.97. The molecule has 172 valence electrons. The highest BCUT2D eigenvalue weighted by atomic mass is 16.5. The molecule has 2 aromatic carbocycles. The van der Waals surface area contributed by atoms with Gasteiger partial charge >= 0.3 is 0 Å². The van der Waals surface area contributed by atoms with Gasteiger partial charge in [0.2, 0.25) is 5.76 Å². The molecule has 4 rings (SSSR count). The zero-order valence-corrected chi connectivity index (χ0v) is 19.0. The van der Waals surface area contributed by atoms with Crippen molar-refractivity contribution in [1.82, 2.24) is 15.4 Å². The summed E-state index contributed by atoms with van der Waals surface area (Å²) in [4.78, 5) is 27.1. The topological polar surface area (TPSA) is 84.7 Å². The van der Waals surface area contributed by atoms with Crippen LogP contribution < -0.4 is 10.1 Å². The van der Waals surface area contributed by atoms with E-state index < -0.39 is 0 Å². The molecule has 2 heterocycles. The molecule has 0 bridgehead atoms. The van der Waals surface area contributed by atoms with Gasteiger partial charge in [0.15, 0.2) is 6.61 Å². The van der Waals surface area contributed by atoms with Crippen LogP contribution in [0.2, 0.25) is 0 Å². The number of amides is 2. The van der Waals surface area contributed by atoms with E-state index in [0.29, 0.717) is 17.9 Å². The molecular formula is C26H29N3O4. The Labute approximate surface area is 193 Å². The molecule has 7 nitrogen and oxygen atoms in total. The SMILES string of the molecule is CCC(NC(=O)c1cc(-c2ccc(C)cc2)no1)c1ccccc1OCC(=O)N1CCCC1. The van der Waals surface area contributed by atoms with E-state index in [4.69, 9.17) is 9.26 Å². The Hall–Kier alpha value is -3.61. The monoisotopic (exact) mass is 447 g/mol. The van der Waals surface area contributed by atoms with E-state index in [-0.39, 0.29) is 30.2 Å². The first-order valence-electron chi connectivity index (χ1n) is 11.4. The number of benzene rings is 2. The Morgan fingerprint density at radius 2 is 1.85 bits per heavy atom. The molecule has 1 aliphatic rings. The molecule has 33 heavy (non-hydrogen) atoms. The second-order valence-corrected chi connectivity index (χ2v) is 8.29. The Bertz CT molecular complexity index is 1100. The van der Waals surface area contributed by atoms with Crippen molar-refractivity contribution in [3.8, 4) is 17.0 Å². The number of carbonyl (C=O) groups is 2. The van der Waals surface area contributed by atoms with Gasteiger partial charge in [-0.25, -0.2) is 0 Å². The normalized spacial score (nSPS) is 14.2. The summed E-state index contributed by atoms with van der Waals surface area (Å²) in [6.45, 7) is 5.57. The molecular weight excluding hydrogens is 418 g/mol. The standard InChI is InChI=1S/C26H29N3O4/c1-3-21(20-8-4-5-9-23(20)32-17-25(30)29-14-6-7-15-29)27-26(31)24-16-22(28-33-24)19-12-10-18(2)11-13-19/h4-5,8-13,16,21H,3,6-7,14-15,17H2,1-2H3,(H,27,31). The molecule has 2 amide bonds. The van der Waals surface area contributed by atoms with E-state index >= 15 is 0 Å². The molecule has 7 heteroatoms. The van der Waals surface area contributed by atoms with Crippen molar-refractivity contribution in [1.29, 1.82) is 0 Å². The van der Waals surface area contributed by atoms with Crippen LogP contribution in [0.1, 0.15) is 53.9 Å². The summed E-state index contributed by atoms with van der Waals surface area (Å²) in [7, 11) is 0. The molecule has 1 aliphatic heterocycles. The fourth-order valence-electron chi connectivity index (χ4n) is 3.97. The third-order valence-electron chi connectivity index (χ3n) is 5.90. The van der Waals surface area contributed by atoms with E-state index in [9.17, 15) is 9.59 Å². The predicted molar refractivity (Wildman–Crippen MR) is 125 cm³/mol. The molecule has 1 unspecified atom stereocenters. The highest BCUT2D eigenvalue weighted by molar-refractivity contribution is 5.92. The summed E-state index contributed by atoms with van der Waals surface area (Å²) in [6, 6.07) is 16.7. The van der Waals surface area contributed by atoms with Crippen molar-refractivity contribution in [2.24, 2.45) is 0 Å². The van der Waals surface area contributed by atoms with Crippen LogP contribution in [0.4, 0.5) is 0 Å².